The van der Waals surface area contributed by atoms with E-state index in [-0.39, 0.29) is 0 Å². The van der Waals surface area contributed by atoms with Crippen molar-refractivity contribution in [1.82, 2.24) is 4.90 Å². The van der Waals surface area contributed by atoms with Crippen molar-refractivity contribution in [3.63, 3.8) is 0 Å². The summed E-state index contributed by atoms with van der Waals surface area (Å²) in [7, 11) is 0. The maximum atomic E-state index is 5.90. The van der Waals surface area contributed by atoms with Gasteiger partial charge in [-0.1, -0.05) is 37.3 Å². The van der Waals surface area contributed by atoms with Crippen molar-refractivity contribution >= 4 is 0 Å². The van der Waals surface area contributed by atoms with E-state index >= 15 is 0 Å². The molecule has 0 radical (unpaired) electrons. The van der Waals surface area contributed by atoms with Gasteiger partial charge in [-0.2, -0.15) is 0 Å². The van der Waals surface area contributed by atoms with Crippen molar-refractivity contribution < 1.29 is 0 Å². The third kappa shape index (κ3) is 3.06. The first-order valence-electron chi connectivity index (χ1n) is 6.28. The Morgan fingerprint density at radius 2 is 2.12 bits per heavy atom. The van der Waals surface area contributed by atoms with Crippen LogP contribution in [-0.4, -0.2) is 30.6 Å². The van der Waals surface area contributed by atoms with Crippen LogP contribution >= 0.6 is 0 Å². The van der Waals surface area contributed by atoms with Gasteiger partial charge in [0.25, 0.3) is 0 Å². The van der Waals surface area contributed by atoms with Crippen LogP contribution in [0.4, 0.5) is 0 Å². The molecule has 1 aromatic rings. The second kappa shape index (κ2) is 5.46. The Bertz CT molecular complexity index is 310. The predicted octanol–water partition coefficient (Wildman–Crippen LogP) is 2.21. The molecule has 0 saturated carbocycles. The SMILES string of the molecule is C[C@H](CCN1CC[C@@H](N)C1)c1ccccc1. The molecule has 1 saturated heterocycles. The lowest BCUT2D eigenvalue weighted by Gasteiger charge is -2.18. The van der Waals surface area contributed by atoms with Gasteiger partial charge in [-0.05, 0) is 37.4 Å². The first kappa shape index (κ1) is 11.6. The zero-order valence-electron chi connectivity index (χ0n) is 10.1. The monoisotopic (exact) mass is 218 g/mol. The Labute approximate surface area is 98.4 Å². The fraction of sp³-hybridized carbons (Fsp3) is 0.571. The highest BCUT2D eigenvalue weighted by Gasteiger charge is 2.19. The van der Waals surface area contributed by atoms with Crippen molar-refractivity contribution in [3.8, 4) is 0 Å². The normalized spacial score (nSPS) is 23.5. The molecule has 1 aliphatic rings. The summed E-state index contributed by atoms with van der Waals surface area (Å²) in [5.74, 6) is 0.651. The Kier molecular flexibility index (Phi) is 3.97. The van der Waals surface area contributed by atoms with Gasteiger partial charge in [0.15, 0.2) is 0 Å². The Morgan fingerprint density at radius 1 is 1.38 bits per heavy atom. The fourth-order valence-corrected chi connectivity index (χ4v) is 2.39. The van der Waals surface area contributed by atoms with E-state index in [0.29, 0.717) is 12.0 Å². The van der Waals surface area contributed by atoms with Crippen LogP contribution < -0.4 is 5.73 Å². The predicted molar refractivity (Wildman–Crippen MR) is 68.5 cm³/mol. The molecule has 0 bridgehead atoms. The molecule has 0 aromatic heterocycles. The lowest BCUT2D eigenvalue weighted by atomic mass is 9.98. The van der Waals surface area contributed by atoms with E-state index in [2.05, 4.69) is 42.2 Å². The highest BCUT2D eigenvalue weighted by molar-refractivity contribution is 5.18. The molecule has 16 heavy (non-hydrogen) atoms. The van der Waals surface area contributed by atoms with Crippen LogP contribution in [-0.2, 0) is 0 Å². The van der Waals surface area contributed by atoms with Crippen LogP contribution in [0.2, 0.25) is 0 Å². The third-order valence-corrected chi connectivity index (χ3v) is 3.56. The second-order valence-electron chi connectivity index (χ2n) is 4.95. The van der Waals surface area contributed by atoms with Crippen LogP contribution in [0, 0.1) is 0 Å². The highest BCUT2D eigenvalue weighted by Crippen LogP contribution is 2.19. The van der Waals surface area contributed by atoms with E-state index in [4.69, 9.17) is 5.73 Å². The second-order valence-corrected chi connectivity index (χ2v) is 4.95. The number of nitrogens with two attached hydrogens (primary N) is 1. The highest BCUT2D eigenvalue weighted by atomic mass is 15.2. The average Bonchev–Trinajstić information content (AvgIpc) is 2.73. The maximum Gasteiger partial charge on any atom is 0.0180 e. The lowest BCUT2D eigenvalue weighted by molar-refractivity contribution is 0.320. The number of rotatable bonds is 4. The molecular weight excluding hydrogens is 196 g/mol. The smallest absolute Gasteiger partial charge is 0.0180 e. The largest absolute Gasteiger partial charge is 0.326 e. The van der Waals surface area contributed by atoms with Gasteiger partial charge < -0.3 is 10.6 Å². The summed E-state index contributed by atoms with van der Waals surface area (Å²) < 4.78 is 0. The summed E-state index contributed by atoms with van der Waals surface area (Å²) in [6, 6.07) is 11.2. The van der Waals surface area contributed by atoms with Gasteiger partial charge >= 0.3 is 0 Å². The van der Waals surface area contributed by atoms with Crippen LogP contribution in [0.5, 0.6) is 0 Å². The minimum absolute atomic E-state index is 0.409. The minimum Gasteiger partial charge on any atom is -0.326 e. The zero-order chi connectivity index (χ0) is 11.4. The van der Waals surface area contributed by atoms with Gasteiger partial charge in [-0.15, -0.1) is 0 Å². The van der Waals surface area contributed by atoms with Crippen LogP contribution in [0.1, 0.15) is 31.2 Å². The molecule has 1 aromatic carbocycles. The molecule has 1 fully saturated rings. The van der Waals surface area contributed by atoms with Crippen molar-refractivity contribution in [2.45, 2.75) is 31.7 Å². The van der Waals surface area contributed by atoms with Gasteiger partial charge in [-0.3, -0.25) is 0 Å². The van der Waals surface area contributed by atoms with Crippen molar-refractivity contribution in [1.29, 1.82) is 0 Å². The Balaban J connectivity index is 1.78. The first-order valence-corrected chi connectivity index (χ1v) is 6.28. The van der Waals surface area contributed by atoms with E-state index in [1.165, 1.54) is 31.5 Å². The third-order valence-electron chi connectivity index (χ3n) is 3.56. The van der Waals surface area contributed by atoms with Crippen LogP contribution in [0.3, 0.4) is 0 Å². The van der Waals surface area contributed by atoms with Crippen LogP contribution in [0.25, 0.3) is 0 Å². The standard InChI is InChI=1S/C14H22N2/c1-12(13-5-3-2-4-6-13)7-9-16-10-8-14(15)11-16/h2-6,12,14H,7-11,15H2,1H3/t12-,14-/m1/s1. The number of hydrogen-bond donors (Lipinski definition) is 1. The summed E-state index contributed by atoms with van der Waals surface area (Å²) in [5, 5.41) is 0. The number of hydrogen-bond acceptors (Lipinski definition) is 2. The minimum atomic E-state index is 0.409. The molecule has 1 heterocycles. The van der Waals surface area contributed by atoms with Gasteiger partial charge in [0.05, 0.1) is 0 Å². The number of nitrogens with zero attached hydrogens (tertiary/aromatic N) is 1. The molecule has 0 unspecified atom stereocenters. The first-order chi connectivity index (χ1) is 7.75. The molecule has 1 aliphatic heterocycles. The Hall–Kier alpha value is -0.860. The Morgan fingerprint density at radius 3 is 2.75 bits per heavy atom. The molecule has 0 spiro atoms. The molecule has 2 heteroatoms. The molecule has 2 atom stereocenters. The molecule has 2 nitrogen and oxygen atoms in total. The summed E-state index contributed by atoms with van der Waals surface area (Å²) in [4.78, 5) is 2.49. The average molecular weight is 218 g/mol. The van der Waals surface area contributed by atoms with Gasteiger partial charge in [-0.25, -0.2) is 0 Å². The van der Waals surface area contributed by atoms with Gasteiger partial charge in [0.1, 0.15) is 0 Å². The topological polar surface area (TPSA) is 29.3 Å². The summed E-state index contributed by atoms with van der Waals surface area (Å²) in [6.07, 6.45) is 2.40. The van der Waals surface area contributed by atoms with Gasteiger partial charge in [0.2, 0.25) is 0 Å². The van der Waals surface area contributed by atoms with E-state index in [1.54, 1.807) is 0 Å². The molecule has 2 rings (SSSR count). The molecular formula is C14H22N2. The van der Waals surface area contributed by atoms with Crippen LogP contribution in [0.15, 0.2) is 30.3 Å². The molecule has 2 N–H and O–H groups in total. The fourth-order valence-electron chi connectivity index (χ4n) is 2.39. The molecule has 0 amide bonds. The quantitative estimate of drug-likeness (QED) is 0.839. The molecule has 0 aliphatic carbocycles. The van der Waals surface area contributed by atoms with E-state index in [1.807, 2.05) is 0 Å². The van der Waals surface area contributed by atoms with Crippen molar-refractivity contribution in [2.75, 3.05) is 19.6 Å². The summed E-state index contributed by atoms with van der Waals surface area (Å²) >= 11 is 0. The summed E-state index contributed by atoms with van der Waals surface area (Å²) in [5.41, 5.74) is 7.35. The summed E-state index contributed by atoms with van der Waals surface area (Å²) in [6.45, 7) is 5.76. The van der Waals surface area contributed by atoms with E-state index in [0.717, 1.165) is 6.54 Å². The van der Waals surface area contributed by atoms with Crippen molar-refractivity contribution in [2.24, 2.45) is 5.73 Å². The number of likely N-dealkylation sites (tertiary alicyclic amines) is 1. The maximum absolute atomic E-state index is 5.90. The lowest BCUT2D eigenvalue weighted by Crippen LogP contribution is -2.27. The zero-order valence-corrected chi connectivity index (χ0v) is 10.1. The van der Waals surface area contributed by atoms with Gasteiger partial charge in [0, 0.05) is 12.6 Å². The van der Waals surface area contributed by atoms with E-state index < -0.39 is 0 Å². The van der Waals surface area contributed by atoms with Crippen molar-refractivity contribution in [3.05, 3.63) is 35.9 Å². The molecule has 88 valence electrons. The number of benzene rings is 1. The van der Waals surface area contributed by atoms with E-state index in [9.17, 15) is 0 Å².